The van der Waals surface area contributed by atoms with Gasteiger partial charge in [0.05, 0.1) is 31.6 Å². The molecule has 138 valence electrons. The van der Waals surface area contributed by atoms with Crippen LogP contribution in [0.1, 0.15) is 5.56 Å². The Morgan fingerprint density at radius 1 is 1.22 bits per heavy atom. The molecular formula is C17H18N8O2. The van der Waals surface area contributed by atoms with Crippen LogP contribution in [0.2, 0.25) is 0 Å². The topological polar surface area (TPSA) is 122 Å². The highest BCUT2D eigenvalue weighted by atomic mass is 16.5. The predicted octanol–water partition coefficient (Wildman–Crippen LogP) is 1.04. The van der Waals surface area contributed by atoms with E-state index in [1.807, 2.05) is 13.0 Å². The second kappa shape index (κ2) is 7.08. The molecule has 0 aromatic carbocycles. The van der Waals surface area contributed by atoms with E-state index in [0.717, 1.165) is 11.1 Å². The van der Waals surface area contributed by atoms with Gasteiger partial charge in [0.25, 0.3) is 0 Å². The van der Waals surface area contributed by atoms with E-state index in [4.69, 9.17) is 4.74 Å². The first-order valence-electron chi connectivity index (χ1n) is 8.40. The molecule has 4 rings (SSSR count). The van der Waals surface area contributed by atoms with Crippen molar-refractivity contribution in [1.29, 1.82) is 0 Å². The summed E-state index contributed by atoms with van der Waals surface area (Å²) in [5, 5.41) is 9.72. The van der Waals surface area contributed by atoms with E-state index in [2.05, 4.69) is 35.5 Å². The fourth-order valence-electron chi connectivity index (χ4n) is 2.89. The Labute approximate surface area is 155 Å². The molecule has 3 aromatic rings. The first-order chi connectivity index (χ1) is 13.2. The van der Waals surface area contributed by atoms with Crippen molar-refractivity contribution in [3.05, 3.63) is 30.4 Å². The van der Waals surface area contributed by atoms with Gasteiger partial charge in [-0.05, 0) is 18.6 Å². The number of hydrogen-bond donors (Lipinski definition) is 2. The average Bonchev–Trinajstić information content (AvgIpc) is 3.22. The van der Waals surface area contributed by atoms with Crippen molar-refractivity contribution in [2.24, 2.45) is 0 Å². The van der Waals surface area contributed by atoms with Gasteiger partial charge in [-0.25, -0.2) is 15.0 Å². The number of nitrogens with one attached hydrogen (secondary N) is 2. The van der Waals surface area contributed by atoms with Gasteiger partial charge in [0.15, 0.2) is 17.5 Å². The third-order valence-corrected chi connectivity index (χ3v) is 4.27. The van der Waals surface area contributed by atoms with E-state index >= 15 is 0 Å². The lowest BCUT2D eigenvalue weighted by Gasteiger charge is -2.28. The summed E-state index contributed by atoms with van der Waals surface area (Å²) in [7, 11) is 1.60. The van der Waals surface area contributed by atoms with Crippen LogP contribution in [-0.4, -0.2) is 62.8 Å². The van der Waals surface area contributed by atoms with Gasteiger partial charge in [0.1, 0.15) is 12.0 Å². The third-order valence-electron chi connectivity index (χ3n) is 4.27. The molecule has 4 heterocycles. The summed E-state index contributed by atoms with van der Waals surface area (Å²) in [5.41, 5.74) is 3.09. The minimum Gasteiger partial charge on any atom is -0.383 e. The number of aromatic nitrogens is 6. The van der Waals surface area contributed by atoms with Crippen molar-refractivity contribution in [3.8, 4) is 22.8 Å². The van der Waals surface area contributed by atoms with E-state index < -0.39 is 0 Å². The van der Waals surface area contributed by atoms with Crippen LogP contribution in [0.15, 0.2) is 24.8 Å². The lowest BCUT2D eigenvalue weighted by Crippen LogP contribution is -2.42. The van der Waals surface area contributed by atoms with Crippen LogP contribution in [0.25, 0.3) is 22.8 Å². The first kappa shape index (κ1) is 17.0. The summed E-state index contributed by atoms with van der Waals surface area (Å²) in [5.74, 6) is 1.54. The summed E-state index contributed by atoms with van der Waals surface area (Å²) >= 11 is 0. The number of rotatable bonds is 5. The molecule has 10 heteroatoms. The van der Waals surface area contributed by atoms with Gasteiger partial charge in [0.2, 0.25) is 5.91 Å². The summed E-state index contributed by atoms with van der Waals surface area (Å²) in [4.78, 5) is 31.5. The highest BCUT2D eigenvalue weighted by molar-refractivity contribution is 6.00. The molecule has 1 aliphatic rings. The Morgan fingerprint density at radius 3 is 2.85 bits per heavy atom. The molecule has 27 heavy (non-hydrogen) atoms. The standard InChI is InChI=1S/C17H18N8O2/c1-10-5-12(15-21-9-22-24-15)18-6-11(10)13-7-19-16-17(23-13)25(3-4-27-2)14(26)8-20-16/h5-7,9H,3-4,8H2,1-2H3,(H,19,20)(H,21,22,24). The number of anilines is 2. The normalized spacial score (nSPS) is 13.4. The number of pyridine rings is 1. The molecule has 0 fully saturated rings. The van der Waals surface area contributed by atoms with Crippen LogP contribution in [0, 0.1) is 6.92 Å². The van der Waals surface area contributed by atoms with Crippen molar-refractivity contribution >= 4 is 17.5 Å². The lowest BCUT2D eigenvalue weighted by molar-refractivity contribution is -0.117. The van der Waals surface area contributed by atoms with Crippen molar-refractivity contribution < 1.29 is 9.53 Å². The molecule has 0 spiro atoms. The van der Waals surface area contributed by atoms with Gasteiger partial charge in [-0.1, -0.05) is 0 Å². The lowest BCUT2D eigenvalue weighted by atomic mass is 10.1. The molecule has 1 amide bonds. The number of fused-ring (bicyclic) bond motifs is 1. The van der Waals surface area contributed by atoms with E-state index in [1.165, 1.54) is 6.33 Å². The Balaban J connectivity index is 1.71. The minimum absolute atomic E-state index is 0.0687. The van der Waals surface area contributed by atoms with Gasteiger partial charge in [-0.3, -0.25) is 19.8 Å². The van der Waals surface area contributed by atoms with Gasteiger partial charge in [-0.15, -0.1) is 0 Å². The highest BCUT2D eigenvalue weighted by Crippen LogP contribution is 2.30. The number of H-pyrrole nitrogens is 1. The zero-order valence-electron chi connectivity index (χ0n) is 14.9. The van der Waals surface area contributed by atoms with E-state index in [1.54, 1.807) is 24.4 Å². The number of nitrogens with zero attached hydrogens (tertiary/aromatic N) is 6. The van der Waals surface area contributed by atoms with Gasteiger partial charge in [0, 0.05) is 18.9 Å². The van der Waals surface area contributed by atoms with Crippen LogP contribution < -0.4 is 10.2 Å². The summed E-state index contributed by atoms with van der Waals surface area (Å²) < 4.78 is 5.10. The molecule has 0 bridgehead atoms. The number of aromatic amines is 1. The Bertz CT molecular complexity index is 973. The molecule has 0 saturated heterocycles. The summed E-state index contributed by atoms with van der Waals surface area (Å²) in [6.45, 7) is 2.99. The number of ether oxygens (including phenoxy) is 1. The molecule has 0 aliphatic carbocycles. The van der Waals surface area contributed by atoms with Crippen LogP contribution in [-0.2, 0) is 9.53 Å². The van der Waals surface area contributed by atoms with E-state index in [0.29, 0.717) is 42.0 Å². The van der Waals surface area contributed by atoms with Crippen molar-refractivity contribution in [1.82, 2.24) is 30.1 Å². The molecule has 2 N–H and O–H groups in total. The molecule has 0 saturated carbocycles. The van der Waals surface area contributed by atoms with E-state index in [9.17, 15) is 4.79 Å². The zero-order chi connectivity index (χ0) is 18.8. The van der Waals surface area contributed by atoms with Crippen LogP contribution >= 0.6 is 0 Å². The molecule has 0 atom stereocenters. The quantitative estimate of drug-likeness (QED) is 0.687. The number of hydrogen-bond acceptors (Lipinski definition) is 8. The smallest absolute Gasteiger partial charge is 0.247 e. The minimum atomic E-state index is -0.0687. The molecular weight excluding hydrogens is 348 g/mol. The monoisotopic (exact) mass is 366 g/mol. The number of carbonyl (C=O) groups excluding carboxylic acids is 1. The summed E-state index contributed by atoms with van der Waals surface area (Å²) in [6.07, 6.45) is 4.90. The molecule has 1 aliphatic heterocycles. The third kappa shape index (κ3) is 3.22. The largest absolute Gasteiger partial charge is 0.383 e. The number of carbonyl (C=O) groups is 1. The number of amides is 1. The van der Waals surface area contributed by atoms with Crippen LogP contribution in [0.5, 0.6) is 0 Å². The Kier molecular flexibility index (Phi) is 4.47. The summed E-state index contributed by atoms with van der Waals surface area (Å²) in [6, 6.07) is 1.89. The maximum absolute atomic E-state index is 12.3. The fourth-order valence-corrected chi connectivity index (χ4v) is 2.89. The second-order valence-corrected chi connectivity index (χ2v) is 6.03. The maximum atomic E-state index is 12.3. The first-order valence-corrected chi connectivity index (χ1v) is 8.40. The molecule has 0 unspecified atom stereocenters. The van der Waals surface area contributed by atoms with Gasteiger partial charge >= 0.3 is 0 Å². The second-order valence-electron chi connectivity index (χ2n) is 6.03. The molecule has 10 nitrogen and oxygen atoms in total. The predicted molar refractivity (Wildman–Crippen MR) is 98.1 cm³/mol. The number of aryl methyl sites for hydroxylation is 1. The maximum Gasteiger partial charge on any atom is 0.247 e. The van der Waals surface area contributed by atoms with E-state index in [-0.39, 0.29) is 12.5 Å². The average molecular weight is 366 g/mol. The van der Waals surface area contributed by atoms with Gasteiger partial charge < -0.3 is 10.1 Å². The van der Waals surface area contributed by atoms with Crippen molar-refractivity contribution in [2.75, 3.05) is 37.0 Å². The Morgan fingerprint density at radius 2 is 2.11 bits per heavy atom. The number of methoxy groups -OCH3 is 1. The Hall–Kier alpha value is -3.40. The van der Waals surface area contributed by atoms with Gasteiger partial charge in [-0.2, -0.15) is 5.10 Å². The SMILES string of the molecule is COCCN1C(=O)CNc2ncc(-c3cnc(-c4nc[nH]n4)cc3C)nc21. The molecule has 0 radical (unpaired) electrons. The van der Waals surface area contributed by atoms with Crippen LogP contribution in [0.3, 0.4) is 0 Å². The van der Waals surface area contributed by atoms with Crippen LogP contribution in [0.4, 0.5) is 11.6 Å². The molecule has 3 aromatic heterocycles. The van der Waals surface area contributed by atoms with Crippen molar-refractivity contribution in [2.45, 2.75) is 6.92 Å². The van der Waals surface area contributed by atoms with Crippen molar-refractivity contribution in [3.63, 3.8) is 0 Å². The zero-order valence-corrected chi connectivity index (χ0v) is 14.9. The highest BCUT2D eigenvalue weighted by Gasteiger charge is 2.26. The fraction of sp³-hybridized carbons (Fsp3) is 0.294.